The molecule has 58 heteroatoms. The third-order valence-electron chi connectivity index (χ3n) is 22.4. The number of carbonyl (C=O) groups excluding carboxylic acids is 1. The van der Waals surface area contributed by atoms with Crippen LogP contribution < -0.4 is 121 Å². The summed E-state index contributed by atoms with van der Waals surface area (Å²) in [5.41, 5.74) is 19.1. The standard InChI is InChI=1S/C18H14N5O2.C16H18N7O2.C12H9ClN5O2.C12H9N7O3.C11H13FN6O2.C11H14N6O2.C10H7N5O2/c24-22-17-11-14(13-5-2-1-3-6-13)8-9-16(17)23(25)21-18(22)20-15-7-4-10-19-12-15;24-22-13-3-1-2-4-14(13)23(25)20-16(22)19-12-5-6-15(18-11-12)21-9-7-17-8-10-21;13-8-3-4-10-11(6-8)17(19)12(16-18(10)20)15-9-2-1-5-14-7-9;20-12(17-11-6-13-3-4-14-11)16-8-1-2-9-10(5-8)18(21)7-15-19(9)22;12-7-5-10-9(17(19)11(13)15-18(10)20)6-8(7)16-3-1-14-2-4-16;12-11-14-17(19)9-2-1-8(7-10(9)16(11)18)15-5-3-13-4-6-15;16-14-8-3-1-2-4-9(8)15(17)13-10(14)7-5-6-11-12-7/h1-12,24H,(H,20,21,25);1-6,11,17,24H,7-10H2,(H,19,20,25);1-7,19H,(H,15,16,20);1-7H,(H2,14,16,17,20);5-6,14H,1-4H2,(H2,13,15);1-2,7,13H,3-6H2,(H2,12,14);1-6H,(H,11,12)/q3*+1;;;;. The lowest BCUT2D eigenvalue weighted by molar-refractivity contribution is -0.680. The van der Waals surface area contributed by atoms with Crippen LogP contribution in [0.5, 0.6) is 0 Å². The number of piperazine rings is 3. The molecule has 0 radical (unpaired) electrons. The maximum Gasteiger partial charge on any atom is 0.458 e. The summed E-state index contributed by atoms with van der Waals surface area (Å²) >= 11 is 5.87. The van der Waals surface area contributed by atoms with Crippen LogP contribution in [0.4, 0.5) is 84.7 Å². The number of nitrogens with two attached hydrogens (primary N) is 2. The lowest BCUT2D eigenvalue weighted by Crippen LogP contribution is -2.46. The van der Waals surface area contributed by atoms with Crippen LogP contribution in [0, 0.1) is 62.2 Å². The van der Waals surface area contributed by atoms with Gasteiger partial charge in [0.15, 0.2) is 58.5 Å². The molecule has 16 N–H and O–H groups in total. The Morgan fingerprint density at radius 1 is 0.405 bits per heavy atom. The molecule has 23 rings (SSSR count). The smallest absolute Gasteiger partial charge is 0.458 e. The molecule has 12 aromatic heterocycles. The number of nitrogen functional groups attached to an aromatic ring is 2. The zero-order valence-electron chi connectivity index (χ0n) is 77.0. The first-order chi connectivity index (χ1) is 71.7. The van der Waals surface area contributed by atoms with Crippen molar-refractivity contribution >= 4 is 170 Å². The van der Waals surface area contributed by atoms with Gasteiger partial charge in [-0.3, -0.25) is 36.8 Å². The van der Waals surface area contributed by atoms with E-state index in [0.29, 0.717) is 105 Å². The number of nitrogens with one attached hydrogen (secondary N) is 9. The Morgan fingerprint density at radius 3 is 1.51 bits per heavy atom. The fourth-order valence-electron chi connectivity index (χ4n) is 15.2. The number of pyridine rings is 3. The van der Waals surface area contributed by atoms with Crippen molar-refractivity contribution in [2.24, 2.45) is 0 Å². The van der Waals surface area contributed by atoms with Crippen molar-refractivity contribution in [1.82, 2.24) is 101 Å². The number of aromatic amines is 1. The number of H-pyrrole nitrogens is 1. The molecule has 3 aliphatic rings. The minimum absolute atomic E-state index is 0.000659. The Morgan fingerprint density at radius 2 is 0.919 bits per heavy atom. The Kier molecular flexibility index (Phi) is 30.0. The zero-order chi connectivity index (χ0) is 104. The molecule has 148 heavy (non-hydrogen) atoms. The SMILES string of the molecule is Nc1n[n+]([O-])c2cc(F)c(N3CCNCC3)cc2[n+]1[O-].Nc1n[n+]([O-])c2ccc(N3CCNCC3)cc2[n+]1[O-].O=C(Nc1ccc2c(c1)[n+]([O-])cn[n+]2[O-])Nc1cnccn1.O=[n+]1nc(Nc2ccc(N3CCNCC3)nc2)n(O)c2ccccc21.O=[n+]1nc(Nc2cccnc2)n(O)c2cc(-c3ccccc3)ccc21.O=[n+]1nc(Nc2cccnc2)n(O)c2cc(Cl)ccc21.[O-][n+]1nc(-c2ccn[nH]2)[n+]([O-])c2ccccc21. The van der Waals surface area contributed by atoms with Gasteiger partial charge in [0.25, 0.3) is 5.52 Å². The number of carbonyl (C=O) groups is 1. The van der Waals surface area contributed by atoms with E-state index in [1.165, 1.54) is 61.2 Å². The van der Waals surface area contributed by atoms with E-state index < -0.39 is 17.8 Å². The molecule has 0 unspecified atom stereocenters. The van der Waals surface area contributed by atoms with E-state index in [2.05, 4.69) is 123 Å². The van der Waals surface area contributed by atoms with Crippen LogP contribution in [0.3, 0.4) is 0 Å². The van der Waals surface area contributed by atoms with Crippen molar-refractivity contribution in [2.75, 3.05) is 131 Å². The Balaban J connectivity index is 0.000000118. The van der Waals surface area contributed by atoms with Gasteiger partial charge in [0.05, 0.1) is 93.3 Å². The third-order valence-corrected chi connectivity index (χ3v) is 22.6. The number of para-hydroxylation sites is 4. The van der Waals surface area contributed by atoms with E-state index in [0.717, 1.165) is 115 Å². The molecular weight excluding hydrogens is 1950 g/mol. The number of hydrogen-bond donors (Lipinski definition) is 14. The molecule has 3 aliphatic heterocycles. The highest BCUT2D eigenvalue weighted by Gasteiger charge is 2.30. The number of nitrogens with zero attached hydrogens (tertiary/aromatic N) is 30. The summed E-state index contributed by atoms with van der Waals surface area (Å²) in [5, 5.41) is 180. The molecule has 0 aliphatic carbocycles. The molecule has 0 atom stereocenters. The van der Waals surface area contributed by atoms with Crippen LogP contribution in [0.25, 0.3) is 99.9 Å². The minimum Gasteiger partial charge on any atom is -0.739 e. The number of halogens is 2. The molecule has 8 aromatic carbocycles. The zero-order valence-corrected chi connectivity index (χ0v) is 77.7. The summed E-state index contributed by atoms with van der Waals surface area (Å²) < 4.78 is 19.9. The van der Waals surface area contributed by atoms with Gasteiger partial charge in [0.2, 0.25) is 31.4 Å². The number of aromatic nitrogens is 28. The summed E-state index contributed by atoms with van der Waals surface area (Å²) in [6.07, 6.45) is 14.6. The van der Waals surface area contributed by atoms with Crippen molar-refractivity contribution in [3.05, 3.63) is 336 Å². The number of benzene rings is 8. The second kappa shape index (κ2) is 44.9. The lowest BCUT2D eigenvalue weighted by atomic mass is 10.1. The maximum absolute atomic E-state index is 14.1. The minimum atomic E-state index is -0.560. The first-order valence-electron chi connectivity index (χ1n) is 44.5. The average molecular weight is 2030 g/mol. The monoisotopic (exact) mass is 2030 g/mol. The first-order valence-corrected chi connectivity index (χ1v) is 44.9. The quantitative estimate of drug-likeness (QED) is 0.0448. The second-order valence-corrected chi connectivity index (χ2v) is 32.3. The Labute approximate surface area is 833 Å². The molecule has 3 saturated heterocycles. The van der Waals surface area contributed by atoms with E-state index in [1.807, 2.05) is 59.5 Å². The summed E-state index contributed by atoms with van der Waals surface area (Å²) in [5.74, 6) is -0.221. The molecule has 3 fully saturated rings. The molecular formula is C90H84ClFN41O15+3. The predicted molar refractivity (Wildman–Crippen MR) is 529 cm³/mol. The van der Waals surface area contributed by atoms with Gasteiger partial charge < -0.3 is 109 Å². The summed E-state index contributed by atoms with van der Waals surface area (Å²) in [7, 11) is 0. The van der Waals surface area contributed by atoms with Crippen LogP contribution in [0.15, 0.2) is 268 Å². The lowest BCUT2D eigenvalue weighted by Gasteiger charge is -2.29. The fourth-order valence-corrected chi connectivity index (χ4v) is 15.4. The number of rotatable bonds is 13. The van der Waals surface area contributed by atoms with Gasteiger partial charge in [-0.2, -0.15) is 5.10 Å². The molecule has 0 bridgehead atoms. The summed E-state index contributed by atoms with van der Waals surface area (Å²) in [4.78, 5) is 75.4. The Hall–Kier alpha value is -20.6. The molecule has 15 heterocycles. The van der Waals surface area contributed by atoms with Crippen molar-refractivity contribution in [3.8, 4) is 22.6 Å². The van der Waals surface area contributed by atoms with Crippen LogP contribution in [0.1, 0.15) is 0 Å². The van der Waals surface area contributed by atoms with Gasteiger partial charge in [-0.15, -0.1) is 14.2 Å². The average Bonchev–Trinajstić information content (AvgIpc) is 0.849. The van der Waals surface area contributed by atoms with Crippen molar-refractivity contribution in [3.63, 3.8) is 0 Å². The van der Waals surface area contributed by atoms with Crippen LogP contribution in [-0.4, -0.2) is 185 Å². The fraction of sp³-hybridized carbons (Fsp3) is 0.133. The van der Waals surface area contributed by atoms with Crippen LogP contribution in [0.2, 0.25) is 5.02 Å². The molecule has 0 saturated carbocycles. The molecule has 20 aromatic rings. The summed E-state index contributed by atoms with van der Waals surface area (Å²) in [6.45, 7) is 9.95. The second-order valence-electron chi connectivity index (χ2n) is 31.9. The maximum atomic E-state index is 14.1. The largest absolute Gasteiger partial charge is 0.739 e. The van der Waals surface area contributed by atoms with Crippen molar-refractivity contribution in [1.29, 1.82) is 0 Å². The van der Waals surface area contributed by atoms with Crippen molar-refractivity contribution < 1.29 is 76.7 Å². The highest BCUT2D eigenvalue weighted by molar-refractivity contribution is 6.31. The highest BCUT2D eigenvalue weighted by atomic mass is 35.5. The van der Waals surface area contributed by atoms with Gasteiger partial charge >= 0.3 is 81.0 Å². The van der Waals surface area contributed by atoms with Gasteiger partial charge in [0, 0.05) is 190 Å². The van der Waals surface area contributed by atoms with E-state index >= 15 is 0 Å². The molecule has 750 valence electrons. The molecule has 2 amide bonds. The Bertz CT molecular complexity index is 8420. The van der Waals surface area contributed by atoms with Crippen molar-refractivity contribution in [2.45, 2.75) is 0 Å². The third kappa shape index (κ3) is 22.8. The highest BCUT2D eigenvalue weighted by Crippen LogP contribution is 2.29. The number of hydrogen-bond acceptors (Lipinski definition) is 39. The predicted octanol–water partition coefficient (Wildman–Crippen LogP) is 2.66. The topological polar surface area (TPSA) is 718 Å². The van der Waals surface area contributed by atoms with Gasteiger partial charge in [-0.25, -0.2) is 38.1 Å². The van der Waals surface area contributed by atoms with E-state index in [1.54, 1.807) is 140 Å². The molecule has 0 spiro atoms. The number of anilines is 13. The van der Waals surface area contributed by atoms with Gasteiger partial charge in [-0.1, -0.05) is 66.2 Å². The first kappa shape index (κ1) is 98.9. The number of amides is 2. The van der Waals surface area contributed by atoms with E-state index in [4.69, 9.17) is 23.1 Å². The normalized spacial score (nSPS) is 12.7. The van der Waals surface area contributed by atoms with Crippen LogP contribution >= 0.6 is 11.6 Å². The number of urea groups is 1. The number of fused-ring (bicyclic) bond motifs is 7. The van der Waals surface area contributed by atoms with E-state index in [9.17, 15) is 81.2 Å². The summed E-state index contributed by atoms with van der Waals surface area (Å²) in [6, 6.07) is 56.0. The van der Waals surface area contributed by atoms with Gasteiger partial charge in [0.1, 0.15) is 5.82 Å². The van der Waals surface area contributed by atoms with Gasteiger partial charge in [-0.05, 0) is 102 Å². The van der Waals surface area contributed by atoms with Crippen LogP contribution in [-0.2, 0) is 0 Å². The van der Waals surface area contributed by atoms with E-state index in [-0.39, 0.29) is 112 Å². The molecule has 56 nitrogen and oxygen atoms in total.